The van der Waals surface area contributed by atoms with Crippen molar-refractivity contribution < 1.29 is 9.53 Å². The molecule has 5 heteroatoms. The molecule has 0 atom stereocenters. The second-order valence-electron chi connectivity index (χ2n) is 5.70. The van der Waals surface area contributed by atoms with Crippen molar-refractivity contribution in [2.24, 2.45) is 0 Å². The fourth-order valence-electron chi connectivity index (χ4n) is 2.83. The van der Waals surface area contributed by atoms with Crippen LogP contribution in [-0.4, -0.2) is 17.6 Å². The molecule has 0 fully saturated rings. The van der Waals surface area contributed by atoms with Crippen molar-refractivity contribution >= 4 is 16.7 Å². The van der Waals surface area contributed by atoms with Gasteiger partial charge in [-0.1, -0.05) is 30.3 Å². The summed E-state index contributed by atoms with van der Waals surface area (Å²) in [6.07, 6.45) is 0. The number of hydrogen-bond donors (Lipinski definition) is 1. The van der Waals surface area contributed by atoms with E-state index in [1.807, 2.05) is 37.3 Å². The molecule has 0 radical (unpaired) electrons. The van der Waals surface area contributed by atoms with Gasteiger partial charge in [-0.3, -0.25) is 9.59 Å². The molecule has 128 valence electrons. The Labute approximate surface area is 145 Å². The van der Waals surface area contributed by atoms with Gasteiger partial charge in [-0.05, 0) is 42.1 Å². The summed E-state index contributed by atoms with van der Waals surface area (Å²) in [5.74, 6) is 0.379. The first-order valence-electron chi connectivity index (χ1n) is 8.17. The zero-order valence-corrected chi connectivity index (χ0v) is 14.3. The minimum Gasteiger partial charge on any atom is -0.497 e. The molecule has 0 aliphatic carbocycles. The lowest BCUT2D eigenvalue weighted by Gasteiger charge is -2.13. The second kappa shape index (κ2) is 7.21. The summed E-state index contributed by atoms with van der Waals surface area (Å²) < 4.78 is 6.71. The normalized spacial score (nSPS) is 10.6. The van der Waals surface area contributed by atoms with Crippen LogP contribution in [0.5, 0.6) is 5.75 Å². The van der Waals surface area contributed by atoms with E-state index < -0.39 is 0 Å². The Kier molecular flexibility index (Phi) is 4.84. The Morgan fingerprint density at radius 1 is 1.12 bits per heavy atom. The lowest BCUT2D eigenvalue weighted by atomic mass is 10.1. The predicted molar refractivity (Wildman–Crippen MR) is 98.0 cm³/mol. The highest BCUT2D eigenvalue weighted by atomic mass is 16.5. The molecular weight excluding hydrogens is 316 g/mol. The highest BCUT2D eigenvalue weighted by Crippen LogP contribution is 2.19. The van der Waals surface area contributed by atoms with E-state index in [9.17, 15) is 9.59 Å². The Bertz CT molecular complexity index is 962. The Morgan fingerprint density at radius 2 is 1.88 bits per heavy atom. The number of carbonyl (C=O) groups is 1. The number of fused-ring (bicyclic) bond motifs is 1. The van der Waals surface area contributed by atoms with Crippen molar-refractivity contribution in [3.63, 3.8) is 0 Å². The average molecular weight is 336 g/mol. The molecule has 1 amide bonds. The van der Waals surface area contributed by atoms with Crippen LogP contribution in [0.2, 0.25) is 0 Å². The zero-order valence-electron chi connectivity index (χ0n) is 14.3. The smallest absolute Gasteiger partial charge is 0.268 e. The van der Waals surface area contributed by atoms with Crippen LogP contribution < -0.4 is 15.6 Å². The summed E-state index contributed by atoms with van der Waals surface area (Å²) >= 11 is 0. The van der Waals surface area contributed by atoms with E-state index in [2.05, 4.69) is 5.32 Å². The van der Waals surface area contributed by atoms with Gasteiger partial charge >= 0.3 is 0 Å². The van der Waals surface area contributed by atoms with Gasteiger partial charge in [0.2, 0.25) is 0 Å². The molecule has 2 aromatic carbocycles. The maximum absolute atomic E-state index is 12.7. The monoisotopic (exact) mass is 336 g/mol. The fraction of sp³-hybridized carbons (Fsp3) is 0.200. The average Bonchev–Trinajstić information content (AvgIpc) is 2.66. The van der Waals surface area contributed by atoms with Crippen LogP contribution in [0.25, 0.3) is 10.8 Å². The fourth-order valence-corrected chi connectivity index (χ4v) is 2.83. The first-order chi connectivity index (χ1) is 12.1. The van der Waals surface area contributed by atoms with E-state index >= 15 is 0 Å². The molecule has 5 nitrogen and oxygen atoms in total. The molecule has 1 N–H and O–H groups in total. The van der Waals surface area contributed by atoms with Gasteiger partial charge in [0, 0.05) is 18.5 Å². The van der Waals surface area contributed by atoms with Crippen molar-refractivity contribution in [1.82, 2.24) is 9.88 Å². The lowest BCUT2D eigenvalue weighted by molar-refractivity contribution is 0.0940. The highest BCUT2D eigenvalue weighted by Gasteiger charge is 2.15. The number of nitrogens with zero attached hydrogens (tertiary/aromatic N) is 1. The van der Waals surface area contributed by atoms with E-state index in [0.29, 0.717) is 35.3 Å². The van der Waals surface area contributed by atoms with Crippen LogP contribution in [0.1, 0.15) is 23.0 Å². The molecule has 0 aliphatic heterocycles. The van der Waals surface area contributed by atoms with Gasteiger partial charge in [0.25, 0.3) is 11.5 Å². The largest absolute Gasteiger partial charge is 0.497 e. The molecule has 3 rings (SSSR count). The Hall–Kier alpha value is -3.08. The number of hydrogen-bond acceptors (Lipinski definition) is 3. The minimum absolute atomic E-state index is 0.174. The molecule has 0 saturated heterocycles. The maximum Gasteiger partial charge on any atom is 0.268 e. The van der Waals surface area contributed by atoms with Crippen molar-refractivity contribution in [3.05, 3.63) is 76.2 Å². The first kappa shape index (κ1) is 16.8. The molecule has 25 heavy (non-hydrogen) atoms. The number of carbonyl (C=O) groups excluding carboxylic acids is 1. The third-order valence-corrected chi connectivity index (χ3v) is 4.16. The molecule has 0 spiro atoms. The van der Waals surface area contributed by atoms with Crippen LogP contribution >= 0.6 is 0 Å². The number of amides is 1. The van der Waals surface area contributed by atoms with Crippen molar-refractivity contribution in [3.8, 4) is 5.75 Å². The van der Waals surface area contributed by atoms with E-state index in [-0.39, 0.29) is 11.5 Å². The maximum atomic E-state index is 12.7. The molecule has 0 saturated carbocycles. The van der Waals surface area contributed by atoms with Crippen LogP contribution in [-0.2, 0) is 13.1 Å². The minimum atomic E-state index is -0.271. The highest BCUT2D eigenvalue weighted by molar-refractivity contribution is 5.97. The van der Waals surface area contributed by atoms with Gasteiger partial charge < -0.3 is 14.6 Å². The Balaban J connectivity index is 1.98. The lowest BCUT2D eigenvalue weighted by Crippen LogP contribution is -2.31. The second-order valence-corrected chi connectivity index (χ2v) is 5.70. The predicted octanol–water partition coefficient (Wildman–Crippen LogP) is 2.96. The van der Waals surface area contributed by atoms with Gasteiger partial charge in [-0.15, -0.1) is 0 Å². The summed E-state index contributed by atoms with van der Waals surface area (Å²) in [6.45, 7) is 2.69. The van der Waals surface area contributed by atoms with Crippen LogP contribution in [0.15, 0.2) is 59.4 Å². The van der Waals surface area contributed by atoms with Gasteiger partial charge in [0.1, 0.15) is 11.4 Å². The van der Waals surface area contributed by atoms with Crippen LogP contribution in [0.3, 0.4) is 0 Å². The molecule has 1 aromatic heterocycles. The van der Waals surface area contributed by atoms with Gasteiger partial charge in [-0.25, -0.2) is 0 Å². The van der Waals surface area contributed by atoms with Gasteiger partial charge in [-0.2, -0.15) is 0 Å². The third-order valence-electron chi connectivity index (χ3n) is 4.16. The number of pyridine rings is 1. The summed E-state index contributed by atoms with van der Waals surface area (Å²) in [6, 6.07) is 16.6. The molecule has 3 aromatic rings. The summed E-state index contributed by atoms with van der Waals surface area (Å²) in [5.41, 5.74) is 1.18. The number of nitrogens with one attached hydrogen (secondary N) is 1. The van der Waals surface area contributed by atoms with E-state index in [4.69, 9.17) is 4.74 Å². The van der Waals surface area contributed by atoms with Crippen molar-refractivity contribution in [2.75, 3.05) is 7.11 Å². The molecular formula is C20H20N2O3. The number of ether oxygens (including phenoxy) is 1. The SMILES string of the molecule is CCn1c(C(=O)NCc2ccccc2)cc2cc(OC)ccc2c1=O. The van der Waals surface area contributed by atoms with E-state index in [0.717, 1.165) is 5.56 Å². The van der Waals surface area contributed by atoms with Crippen LogP contribution in [0, 0.1) is 0 Å². The Morgan fingerprint density at radius 3 is 2.56 bits per heavy atom. The van der Waals surface area contributed by atoms with Gasteiger partial charge in [0.05, 0.1) is 7.11 Å². The van der Waals surface area contributed by atoms with Gasteiger partial charge in [0.15, 0.2) is 0 Å². The number of benzene rings is 2. The molecule has 0 bridgehead atoms. The quantitative estimate of drug-likeness (QED) is 0.779. The zero-order chi connectivity index (χ0) is 17.8. The molecule has 0 aliphatic rings. The standard InChI is InChI=1S/C20H20N2O3/c1-3-22-18(19(23)21-13-14-7-5-4-6-8-14)12-15-11-16(25-2)9-10-17(15)20(22)24/h4-12H,3,13H2,1-2H3,(H,21,23). The first-order valence-corrected chi connectivity index (χ1v) is 8.17. The third kappa shape index (κ3) is 3.40. The summed E-state index contributed by atoms with van der Waals surface area (Å²) in [5, 5.41) is 4.15. The summed E-state index contributed by atoms with van der Waals surface area (Å²) in [4.78, 5) is 25.3. The molecule has 0 unspecified atom stereocenters. The number of rotatable bonds is 5. The van der Waals surface area contributed by atoms with Crippen LogP contribution in [0.4, 0.5) is 0 Å². The number of methoxy groups -OCH3 is 1. The van der Waals surface area contributed by atoms with E-state index in [1.54, 1.807) is 31.4 Å². The topological polar surface area (TPSA) is 60.3 Å². The summed E-state index contributed by atoms with van der Waals surface area (Å²) in [7, 11) is 1.57. The number of aromatic nitrogens is 1. The van der Waals surface area contributed by atoms with Crippen molar-refractivity contribution in [1.29, 1.82) is 0 Å². The molecule has 1 heterocycles. The van der Waals surface area contributed by atoms with Crippen molar-refractivity contribution in [2.45, 2.75) is 20.0 Å². The van der Waals surface area contributed by atoms with E-state index in [1.165, 1.54) is 4.57 Å².